The molecule has 0 heterocycles. The fourth-order valence-electron chi connectivity index (χ4n) is 2.53. The van der Waals surface area contributed by atoms with Gasteiger partial charge < -0.3 is 14.8 Å². The number of rotatable bonds is 7. The van der Waals surface area contributed by atoms with E-state index in [1.165, 1.54) is 12.1 Å². The Morgan fingerprint density at radius 1 is 0.893 bits per heavy atom. The molecule has 7 heteroatoms. The van der Waals surface area contributed by atoms with Crippen LogP contribution in [0, 0.1) is 5.82 Å². The molecule has 0 aliphatic heterocycles. The summed E-state index contributed by atoms with van der Waals surface area (Å²) in [6.07, 6.45) is 0. The van der Waals surface area contributed by atoms with Crippen molar-refractivity contribution in [2.45, 2.75) is 13.2 Å². The largest absolute Gasteiger partial charge is 0.493 e. The van der Waals surface area contributed by atoms with E-state index in [0.29, 0.717) is 40.4 Å². The second kappa shape index (κ2) is 9.37. The van der Waals surface area contributed by atoms with Crippen LogP contribution in [0.1, 0.15) is 11.1 Å². The van der Waals surface area contributed by atoms with E-state index in [0.717, 1.165) is 11.1 Å². The molecule has 0 spiro atoms. The van der Waals surface area contributed by atoms with Gasteiger partial charge in [0.2, 0.25) is 0 Å². The molecule has 0 atom stereocenters. The number of benzene rings is 3. The van der Waals surface area contributed by atoms with Crippen molar-refractivity contribution in [1.82, 2.24) is 0 Å². The Hall–Kier alpha value is -2.14. The molecule has 0 aromatic heterocycles. The number of hydrogen-bond donors (Lipinski definition) is 1. The standard InChI is InChI=1S/C21H17Cl3FNO2/c1-27-20-8-14(11-26-16-6-7-19(25)18(24)9-16)17(23)10-21(20)28-12-13-2-4-15(22)5-3-13/h2-10,26H,11-12H2,1H3. The van der Waals surface area contributed by atoms with Gasteiger partial charge in [-0.3, -0.25) is 0 Å². The highest BCUT2D eigenvalue weighted by molar-refractivity contribution is 6.31. The van der Waals surface area contributed by atoms with Crippen molar-refractivity contribution in [3.8, 4) is 11.5 Å². The quantitative estimate of drug-likeness (QED) is 0.429. The summed E-state index contributed by atoms with van der Waals surface area (Å²) in [7, 11) is 1.56. The van der Waals surface area contributed by atoms with Gasteiger partial charge in [-0.1, -0.05) is 46.9 Å². The van der Waals surface area contributed by atoms with Gasteiger partial charge >= 0.3 is 0 Å². The molecule has 0 aliphatic rings. The summed E-state index contributed by atoms with van der Waals surface area (Å²) in [5.74, 6) is 0.637. The molecule has 0 saturated carbocycles. The van der Waals surface area contributed by atoms with Gasteiger partial charge in [0.1, 0.15) is 12.4 Å². The fourth-order valence-corrected chi connectivity index (χ4v) is 3.06. The highest BCUT2D eigenvalue weighted by Crippen LogP contribution is 2.34. The third-order valence-electron chi connectivity index (χ3n) is 4.04. The Balaban J connectivity index is 1.71. The lowest BCUT2D eigenvalue weighted by Crippen LogP contribution is -2.03. The van der Waals surface area contributed by atoms with Gasteiger partial charge in [0, 0.05) is 28.3 Å². The lowest BCUT2D eigenvalue weighted by Gasteiger charge is -2.15. The topological polar surface area (TPSA) is 30.5 Å². The summed E-state index contributed by atoms with van der Waals surface area (Å²) < 4.78 is 24.5. The normalized spacial score (nSPS) is 10.6. The van der Waals surface area contributed by atoms with Crippen molar-refractivity contribution < 1.29 is 13.9 Å². The SMILES string of the molecule is COc1cc(CNc2ccc(F)c(Cl)c2)c(Cl)cc1OCc1ccc(Cl)cc1. The monoisotopic (exact) mass is 439 g/mol. The summed E-state index contributed by atoms with van der Waals surface area (Å²) in [5, 5.41) is 4.41. The summed E-state index contributed by atoms with van der Waals surface area (Å²) in [4.78, 5) is 0. The average molecular weight is 441 g/mol. The summed E-state index contributed by atoms with van der Waals surface area (Å²) in [6.45, 7) is 0.768. The molecule has 0 saturated heterocycles. The molecule has 0 amide bonds. The fraction of sp³-hybridized carbons (Fsp3) is 0.143. The first-order chi connectivity index (χ1) is 13.5. The van der Waals surface area contributed by atoms with Gasteiger partial charge in [-0.15, -0.1) is 0 Å². The maximum absolute atomic E-state index is 13.3. The first-order valence-corrected chi connectivity index (χ1v) is 9.52. The molecule has 0 fully saturated rings. The Morgan fingerprint density at radius 2 is 1.64 bits per heavy atom. The molecule has 28 heavy (non-hydrogen) atoms. The molecule has 0 radical (unpaired) electrons. The lowest BCUT2D eigenvalue weighted by atomic mass is 10.2. The molecule has 0 bridgehead atoms. The molecule has 3 rings (SSSR count). The van der Waals surface area contributed by atoms with E-state index in [-0.39, 0.29) is 5.02 Å². The van der Waals surface area contributed by atoms with Crippen LogP contribution in [0.15, 0.2) is 54.6 Å². The number of halogens is 4. The van der Waals surface area contributed by atoms with Crippen LogP contribution >= 0.6 is 34.8 Å². The van der Waals surface area contributed by atoms with Crippen molar-refractivity contribution in [2.75, 3.05) is 12.4 Å². The maximum Gasteiger partial charge on any atom is 0.163 e. The minimum absolute atomic E-state index is 0.0552. The van der Waals surface area contributed by atoms with Crippen LogP contribution in [0.25, 0.3) is 0 Å². The first-order valence-electron chi connectivity index (χ1n) is 8.39. The number of nitrogens with one attached hydrogen (secondary N) is 1. The molecule has 0 unspecified atom stereocenters. The van der Waals surface area contributed by atoms with Crippen molar-refractivity contribution >= 4 is 40.5 Å². The molecule has 3 aromatic rings. The molecule has 146 valence electrons. The van der Waals surface area contributed by atoms with Crippen molar-refractivity contribution in [3.05, 3.63) is 86.6 Å². The Labute approximate surface area is 177 Å². The summed E-state index contributed by atoms with van der Waals surface area (Å²) >= 11 is 18.1. The van der Waals surface area contributed by atoms with Crippen LogP contribution in [-0.4, -0.2) is 7.11 Å². The van der Waals surface area contributed by atoms with E-state index < -0.39 is 5.82 Å². The highest BCUT2D eigenvalue weighted by atomic mass is 35.5. The Bertz CT molecular complexity index is 965. The van der Waals surface area contributed by atoms with Crippen molar-refractivity contribution in [3.63, 3.8) is 0 Å². The molecule has 3 nitrogen and oxygen atoms in total. The number of hydrogen-bond acceptors (Lipinski definition) is 3. The van der Waals surface area contributed by atoms with Crippen LogP contribution in [0.4, 0.5) is 10.1 Å². The lowest BCUT2D eigenvalue weighted by molar-refractivity contribution is 0.284. The minimum atomic E-state index is -0.464. The first kappa shape index (κ1) is 20.6. The van der Waals surface area contributed by atoms with E-state index in [1.54, 1.807) is 37.4 Å². The van der Waals surface area contributed by atoms with Gasteiger partial charge in [0.05, 0.1) is 12.1 Å². The zero-order chi connectivity index (χ0) is 20.1. The zero-order valence-corrected chi connectivity index (χ0v) is 17.2. The number of methoxy groups -OCH3 is 1. The minimum Gasteiger partial charge on any atom is -0.493 e. The summed E-state index contributed by atoms with van der Waals surface area (Å²) in [6, 6.07) is 15.3. The van der Waals surface area contributed by atoms with Crippen LogP contribution < -0.4 is 14.8 Å². The van der Waals surface area contributed by atoms with E-state index in [2.05, 4.69) is 5.32 Å². The van der Waals surface area contributed by atoms with Gasteiger partial charge in [-0.25, -0.2) is 4.39 Å². The zero-order valence-electron chi connectivity index (χ0n) is 14.9. The molecule has 0 aliphatic carbocycles. The predicted octanol–water partition coefficient (Wildman–Crippen LogP) is 6.99. The van der Waals surface area contributed by atoms with Crippen molar-refractivity contribution in [1.29, 1.82) is 0 Å². The van der Waals surface area contributed by atoms with Crippen LogP contribution in [-0.2, 0) is 13.2 Å². The van der Waals surface area contributed by atoms with E-state index >= 15 is 0 Å². The smallest absolute Gasteiger partial charge is 0.163 e. The van der Waals surface area contributed by atoms with E-state index in [4.69, 9.17) is 44.3 Å². The van der Waals surface area contributed by atoms with Gasteiger partial charge in [0.15, 0.2) is 11.5 Å². The maximum atomic E-state index is 13.3. The number of ether oxygens (including phenoxy) is 2. The molecule has 3 aromatic carbocycles. The van der Waals surface area contributed by atoms with Crippen LogP contribution in [0.3, 0.4) is 0 Å². The molecule has 1 N–H and O–H groups in total. The van der Waals surface area contributed by atoms with Gasteiger partial charge in [0.25, 0.3) is 0 Å². The highest BCUT2D eigenvalue weighted by Gasteiger charge is 2.11. The van der Waals surface area contributed by atoms with E-state index in [1.807, 2.05) is 12.1 Å². The third-order valence-corrected chi connectivity index (χ3v) is 4.94. The average Bonchev–Trinajstić information content (AvgIpc) is 2.69. The van der Waals surface area contributed by atoms with Gasteiger partial charge in [-0.05, 0) is 47.5 Å². The third kappa shape index (κ3) is 5.22. The van der Waals surface area contributed by atoms with E-state index in [9.17, 15) is 4.39 Å². The number of anilines is 1. The molecular weight excluding hydrogens is 424 g/mol. The second-order valence-corrected chi connectivity index (χ2v) is 7.24. The molecular formula is C21H17Cl3FNO2. The van der Waals surface area contributed by atoms with Crippen molar-refractivity contribution in [2.24, 2.45) is 0 Å². The second-order valence-electron chi connectivity index (χ2n) is 5.99. The predicted molar refractivity (Wildman–Crippen MR) is 113 cm³/mol. The Kier molecular flexibility index (Phi) is 6.89. The van der Waals surface area contributed by atoms with Gasteiger partial charge in [-0.2, -0.15) is 0 Å². The Morgan fingerprint density at radius 3 is 2.32 bits per heavy atom. The summed E-state index contributed by atoms with van der Waals surface area (Å²) in [5.41, 5.74) is 2.46. The van der Waals surface area contributed by atoms with Crippen LogP contribution in [0.2, 0.25) is 15.1 Å². The van der Waals surface area contributed by atoms with Crippen LogP contribution in [0.5, 0.6) is 11.5 Å².